The van der Waals surface area contributed by atoms with Crippen LogP contribution in [-0.4, -0.2) is 29.5 Å². The van der Waals surface area contributed by atoms with Gasteiger partial charge in [0.1, 0.15) is 28.9 Å². The summed E-state index contributed by atoms with van der Waals surface area (Å²) < 4.78 is 18.3. The molecule has 0 radical (unpaired) electrons. The summed E-state index contributed by atoms with van der Waals surface area (Å²) in [5, 5.41) is 5.91. The molecular weight excluding hydrogens is 359 g/mol. The number of nitrogens with zero attached hydrogens (tertiary/aromatic N) is 2. The molecule has 28 heavy (non-hydrogen) atoms. The normalized spacial score (nSPS) is 10.4. The van der Waals surface area contributed by atoms with Crippen LogP contribution in [0.5, 0.6) is 5.75 Å². The second-order valence-corrected chi connectivity index (χ2v) is 6.14. The maximum atomic E-state index is 13.0. The molecule has 2 aromatic carbocycles. The summed E-state index contributed by atoms with van der Waals surface area (Å²) in [4.78, 5) is 21.0. The molecule has 0 bridgehead atoms. The van der Waals surface area contributed by atoms with Gasteiger partial charge in [-0.1, -0.05) is 18.2 Å². The largest absolute Gasteiger partial charge is 0.496 e. The van der Waals surface area contributed by atoms with Gasteiger partial charge in [-0.15, -0.1) is 0 Å². The van der Waals surface area contributed by atoms with Crippen molar-refractivity contribution in [2.24, 2.45) is 0 Å². The Morgan fingerprint density at radius 2 is 1.86 bits per heavy atom. The molecule has 1 aromatic heterocycles. The lowest BCUT2D eigenvalue weighted by molar-refractivity contribution is 0.102. The van der Waals surface area contributed by atoms with E-state index in [-0.39, 0.29) is 17.4 Å². The fourth-order valence-corrected chi connectivity index (χ4v) is 2.74. The van der Waals surface area contributed by atoms with Crippen LogP contribution >= 0.6 is 0 Å². The Morgan fingerprint density at radius 1 is 1.11 bits per heavy atom. The van der Waals surface area contributed by atoms with Crippen LogP contribution in [0.25, 0.3) is 0 Å². The van der Waals surface area contributed by atoms with E-state index in [2.05, 4.69) is 20.6 Å². The van der Waals surface area contributed by atoms with Gasteiger partial charge < -0.3 is 15.4 Å². The van der Waals surface area contributed by atoms with E-state index in [0.29, 0.717) is 23.9 Å². The number of aromatic nitrogens is 2. The van der Waals surface area contributed by atoms with E-state index in [4.69, 9.17) is 4.74 Å². The lowest BCUT2D eigenvalue weighted by Crippen LogP contribution is -2.16. The third kappa shape index (κ3) is 5.03. The number of amides is 1. The average molecular weight is 380 g/mol. The van der Waals surface area contributed by atoms with Crippen molar-refractivity contribution in [3.05, 3.63) is 77.5 Å². The predicted molar refractivity (Wildman–Crippen MR) is 106 cm³/mol. The Bertz CT molecular complexity index is 961. The summed E-state index contributed by atoms with van der Waals surface area (Å²) in [5.41, 5.74) is 1.81. The SMILES string of the molecule is COc1ccccc1CCNc1cc(C(=O)Nc2ccc(F)cc2)nc(C)n1. The number of benzene rings is 2. The van der Waals surface area contributed by atoms with Crippen molar-refractivity contribution in [2.75, 3.05) is 24.3 Å². The van der Waals surface area contributed by atoms with Crippen molar-refractivity contribution in [1.82, 2.24) is 9.97 Å². The van der Waals surface area contributed by atoms with E-state index in [1.807, 2.05) is 24.3 Å². The monoisotopic (exact) mass is 380 g/mol. The van der Waals surface area contributed by atoms with Crippen molar-refractivity contribution in [3.63, 3.8) is 0 Å². The van der Waals surface area contributed by atoms with Crippen LogP contribution in [0.3, 0.4) is 0 Å². The van der Waals surface area contributed by atoms with Gasteiger partial charge in [0.2, 0.25) is 0 Å². The molecule has 3 aromatic rings. The number of para-hydroxylation sites is 1. The molecule has 0 aliphatic carbocycles. The molecule has 0 spiro atoms. The maximum absolute atomic E-state index is 13.0. The molecule has 0 atom stereocenters. The number of rotatable bonds is 7. The first kappa shape index (κ1) is 19.3. The van der Waals surface area contributed by atoms with E-state index in [9.17, 15) is 9.18 Å². The third-order valence-corrected chi connectivity index (χ3v) is 4.07. The van der Waals surface area contributed by atoms with Crippen LogP contribution in [0.2, 0.25) is 0 Å². The molecule has 0 saturated carbocycles. The Labute approximate surface area is 162 Å². The zero-order valence-corrected chi connectivity index (χ0v) is 15.7. The van der Waals surface area contributed by atoms with Crippen molar-refractivity contribution >= 4 is 17.4 Å². The predicted octanol–water partition coefficient (Wildman–Crippen LogP) is 3.84. The Hall–Kier alpha value is -3.48. The summed E-state index contributed by atoms with van der Waals surface area (Å²) in [6, 6.07) is 15.0. The van der Waals surface area contributed by atoms with Gasteiger partial charge in [0, 0.05) is 18.3 Å². The van der Waals surface area contributed by atoms with Gasteiger partial charge in [-0.25, -0.2) is 14.4 Å². The summed E-state index contributed by atoms with van der Waals surface area (Å²) >= 11 is 0. The lowest BCUT2D eigenvalue weighted by Gasteiger charge is -2.11. The second-order valence-electron chi connectivity index (χ2n) is 6.14. The van der Waals surface area contributed by atoms with E-state index >= 15 is 0 Å². The minimum atomic E-state index is -0.384. The first-order valence-electron chi connectivity index (χ1n) is 8.83. The van der Waals surface area contributed by atoms with Gasteiger partial charge in [0.15, 0.2) is 0 Å². The number of anilines is 2. The van der Waals surface area contributed by atoms with E-state index in [1.165, 1.54) is 24.3 Å². The second kappa shape index (κ2) is 8.94. The van der Waals surface area contributed by atoms with Crippen molar-refractivity contribution < 1.29 is 13.9 Å². The summed E-state index contributed by atoms with van der Waals surface area (Å²) in [5.74, 6) is 1.13. The number of hydrogen-bond donors (Lipinski definition) is 2. The topological polar surface area (TPSA) is 76.1 Å². The van der Waals surface area contributed by atoms with Crippen molar-refractivity contribution in [3.8, 4) is 5.75 Å². The maximum Gasteiger partial charge on any atom is 0.274 e. The first-order valence-corrected chi connectivity index (χ1v) is 8.83. The quantitative estimate of drug-likeness (QED) is 0.651. The number of nitrogens with one attached hydrogen (secondary N) is 2. The van der Waals surface area contributed by atoms with Crippen molar-refractivity contribution in [2.45, 2.75) is 13.3 Å². The molecule has 0 fully saturated rings. The van der Waals surface area contributed by atoms with Gasteiger partial charge in [-0.3, -0.25) is 4.79 Å². The number of carbonyl (C=O) groups is 1. The molecule has 0 aliphatic heterocycles. The van der Waals surface area contributed by atoms with Crippen molar-refractivity contribution in [1.29, 1.82) is 0 Å². The molecule has 7 heteroatoms. The van der Waals surface area contributed by atoms with E-state index in [1.54, 1.807) is 20.1 Å². The van der Waals surface area contributed by atoms with Crippen LogP contribution in [0.1, 0.15) is 21.9 Å². The van der Waals surface area contributed by atoms with Crippen LogP contribution in [0.15, 0.2) is 54.6 Å². The summed E-state index contributed by atoms with van der Waals surface area (Å²) in [6.45, 7) is 2.34. The zero-order valence-electron chi connectivity index (χ0n) is 15.7. The highest BCUT2D eigenvalue weighted by Crippen LogP contribution is 2.18. The van der Waals surface area contributed by atoms with Crippen LogP contribution in [-0.2, 0) is 6.42 Å². The third-order valence-electron chi connectivity index (χ3n) is 4.07. The molecule has 1 amide bonds. The van der Waals surface area contributed by atoms with Gasteiger partial charge in [-0.2, -0.15) is 0 Å². The molecule has 144 valence electrons. The molecule has 3 rings (SSSR count). The van der Waals surface area contributed by atoms with Gasteiger partial charge in [0.25, 0.3) is 5.91 Å². The van der Waals surface area contributed by atoms with Crippen LogP contribution < -0.4 is 15.4 Å². The zero-order chi connectivity index (χ0) is 19.9. The lowest BCUT2D eigenvalue weighted by atomic mass is 10.1. The number of aryl methyl sites for hydroxylation is 1. The van der Waals surface area contributed by atoms with Gasteiger partial charge >= 0.3 is 0 Å². The van der Waals surface area contributed by atoms with E-state index in [0.717, 1.165) is 17.7 Å². The average Bonchev–Trinajstić information content (AvgIpc) is 2.69. The Morgan fingerprint density at radius 3 is 2.61 bits per heavy atom. The minimum absolute atomic E-state index is 0.233. The van der Waals surface area contributed by atoms with E-state index < -0.39 is 0 Å². The molecule has 1 heterocycles. The standard InChI is InChI=1S/C21H21FN4O2/c1-14-24-18(21(27)26-17-9-7-16(22)8-10-17)13-20(25-14)23-12-11-15-5-3-4-6-19(15)28-2/h3-10,13H,11-12H2,1-2H3,(H,26,27)(H,23,24,25). The molecular formula is C21H21FN4O2. The fraction of sp³-hybridized carbons (Fsp3) is 0.190. The molecule has 0 unspecified atom stereocenters. The van der Waals surface area contributed by atoms with Crippen LogP contribution in [0.4, 0.5) is 15.9 Å². The van der Waals surface area contributed by atoms with Gasteiger partial charge in [0.05, 0.1) is 7.11 Å². The highest BCUT2D eigenvalue weighted by Gasteiger charge is 2.11. The summed E-state index contributed by atoms with van der Waals surface area (Å²) in [7, 11) is 1.64. The highest BCUT2D eigenvalue weighted by molar-refractivity contribution is 6.03. The summed E-state index contributed by atoms with van der Waals surface area (Å²) in [6.07, 6.45) is 0.740. The molecule has 6 nitrogen and oxygen atoms in total. The molecule has 0 saturated heterocycles. The van der Waals surface area contributed by atoms with Gasteiger partial charge in [-0.05, 0) is 49.2 Å². The number of ether oxygens (including phenoxy) is 1. The Balaban J connectivity index is 1.65. The first-order chi connectivity index (χ1) is 13.5. The van der Waals surface area contributed by atoms with Crippen LogP contribution in [0, 0.1) is 12.7 Å². The molecule has 2 N–H and O–H groups in total. The fourth-order valence-electron chi connectivity index (χ4n) is 2.74. The number of methoxy groups -OCH3 is 1. The minimum Gasteiger partial charge on any atom is -0.496 e. The number of carbonyl (C=O) groups excluding carboxylic acids is 1. The number of halogens is 1. The smallest absolute Gasteiger partial charge is 0.274 e. The molecule has 0 aliphatic rings. The number of hydrogen-bond acceptors (Lipinski definition) is 5. The highest BCUT2D eigenvalue weighted by atomic mass is 19.1. The Kier molecular flexibility index (Phi) is 6.16.